The van der Waals surface area contributed by atoms with E-state index >= 15 is 0 Å². The van der Waals surface area contributed by atoms with E-state index in [-0.39, 0.29) is 23.9 Å². The molecular weight excluding hydrogens is 340 g/mol. The van der Waals surface area contributed by atoms with E-state index in [0.29, 0.717) is 17.1 Å². The highest BCUT2D eigenvalue weighted by Gasteiger charge is 2.31. The molecule has 27 heavy (non-hydrogen) atoms. The van der Waals surface area contributed by atoms with Crippen molar-refractivity contribution in [1.29, 1.82) is 0 Å². The number of aryl methyl sites for hydroxylation is 1. The fourth-order valence-corrected chi connectivity index (χ4v) is 3.64. The second-order valence-corrected chi connectivity index (χ2v) is 6.84. The zero-order chi connectivity index (χ0) is 19.0. The lowest BCUT2D eigenvalue weighted by Crippen LogP contribution is -2.38. The summed E-state index contributed by atoms with van der Waals surface area (Å²) in [6, 6.07) is 11.6. The van der Waals surface area contributed by atoms with Crippen molar-refractivity contribution in [2.24, 2.45) is 0 Å². The van der Waals surface area contributed by atoms with Crippen molar-refractivity contribution >= 4 is 11.6 Å². The molecule has 0 bridgehead atoms. The van der Waals surface area contributed by atoms with Crippen molar-refractivity contribution in [1.82, 2.24) is 15.0 Å². The Labute approximate surface area is 156 Å². The summed E-state index contributed by atoms with van der Waals surface area (Å²) < 4.78 is 0. The number of hydrogen-bond donors (Lipinski definition) is 1. The Morgan fingerprint density at radius 3 is 2.81 bits per heavy atom. The minimum Gasteiger partial charge on any atom is -0.309 e. The first-order chi connectivity index (χ1) is 13.0. The maximum absolute atomic E-state index is 13.0. The first-order valence-corrected chi connectivity index (χ1v) is 8.94. The largest absolute Gasteiger partial charge is 0.309 e. The molecule has 6 nitrogen and oxygen atoms in total. The van der Waals surface area contributed by atoms with Crippen LogP contribution in [0.1, 0.15) is 23.7 Å². The highest BCUT2D eigenvalue weighted by Crippen LogP contribution is 2.32. The number of hydrogen-bond acceptors (Lipinski definition) is 4. The standard InChI is InChI=1S/C21H20N4O2/c1-13-10-15-6-3-4-8-18(15)25(13)19(26)11-17-14(2)23-20(24-21(17)27)16-7-5-9-22-12-16/h3-9,12-13H,10-11H2,1-2H3,(H,23,24,27)/t13-/m0/s1. The van der Waals surface area contributed by atoms with E-state index in [0.717, 1.165) is 23.2 Å². The molecule has 1 amide bonds. The van der Waals surface area contributed by atoms with Gasteiger partial charge in [0, 0.05) is 40.9 Å². The lowest BCUT2D eigenvalue weighted by Gasteiger charge is -2.23. The average molecular weight is 360 g/mol. The number of carbonyl (C=O) groups is 1. The van der Waals surface area contributed by atoms with E-state index in [4.69, 9.17) is 0 Å². The number of benzene rings is 1. The number of rotatable bonds is 3. The highest BCUT2D eigenvalue weighted by molar-refractivity contribution is 5.97. The molecule has 0 unspecified atom stereocenters. The van der Waals surface area contributed by atoms with Crippen LogP contribution in [0.4, 0.5) is 5.69 Å². The second-order valence-electron chi connectivity index (χ2n) is 6.84. The van der Waals surface area contributed by atoms with Gasteiger partial charge in [-0.3, -0.25) is 14.6 Å². The molecule has 1 atom stereocenters. The van der Waals surface area contributed by atoms with Crippen LogP contribution in [0.5, 0.6) is 0 Å². The Kier molecular flexibility index (Phi) is 4.32. The number of carbonyl (C=O) groups excluding carboxylic acids is 1. The van der Waals surface area contributed by atoms with E-state index in [2.05, 4.69) is 15.0 Å². The van der Waals surface area contributed by atoms with Crippen molar-refractivity contribution in [2.45, 2.75) is 32.7 Å². The Morgan fingerprint density at radius 2 is 2.07 bits per heavy atom. The van der Waals surface area contributed by atoms with Crippen molar-refractivity contribution in [3.05, 3.63) is 76.0 Å². The molecule has 4 rings (SSSR count). The third-order valence-electron chi connectivity index (χ3n) is 4.96. The summed E-state index contributed by atoms with van der Waals surface area (Å²) in [7, 11) is 0. The van der Waals surface area contributed by atoms with Gasteiger partial charge in [-0.05, 0) is 44.0 Å². The number of H-pyrrole nitrogens is 1. The average Bonchev–Trinajstić information content (AvgIpc) is 3.01. The van der Waals surface area contributed by atoms with Crippen LogP contribution in [-0.2, 0) is 17.6 Å². The molecule has 3 heterocycles. The number of aromatic nitrogens is 3. The van der Waals surface area contributed by atoms with E-state index in [9.17, 15) is 9.59 Å². The first-order valence-electron chi connectivity index (χ1n) is 8.94. The lowest BCUT2D eigenvalue weighted by atomic mass is 10.1. The number of anilines is 1. The van der Waals surface area contributed by atoms with Gasteiger partial charge in [-0.2, -0.15) is 0 Å². The van der Waals surface area contributed by atoms with Gasteiger partial charge in [-0.25, -0.2) is 4.98 Å². The van der Waals surface area contributed by atoms with E-state index in [1.54, 1.807) is 30.3 Å². The molecule has 0 saturated heterocycles. The Hall–Kier alpha value is -3.28. The lowest BCUT2D eigenvalue weighted by molar-refractivity contribution is -0.118. The van der Waals surface area contributed by atoms with Gasteiger partial charge in [0.25, 0.3) is 5.56 Å². The summed E-state index contributed by atoms with van der Waals surface area (Å²) >= 11 is 0. The monoisotopic (exact) mass is 360 g/mol. The van der Waals surface area contributed by atoms with Gasteiger partial charge in [0.15, 0.2) is 0 Å². The molecule has 1 N–H and O–H groups in total. The number of nitrogens with zero attached hydrogens (tertiary/aromatic N) is 3. The van der Waals surface area contributed by atoms with Crippen LogP contribution in [-0.4, -0.2) is 26.9 Å². The number of pyridine rings is 1. The van der Waals surface area contributed by atoms with E-state index in [1.807, 2.05) is 37.3 Å². The molecular formula is C21H20N4O2. The van der Waals surface area contributed by atoms with Gasteiger partial charge in [0.2, 0.25) is 5.91 Å². The molecule has 1 aliphatic heterocycles. The zero-order valence-corrected chi connectivity index (χ0v) is 15.3. The summed E-state index contributed by atoms with van der Waals surface area (Å²) in [5, 5.41) is 0. The molecule has 1 aromatic carbocycles. The van der Waals surface area contributed by atoms with Crippen molar-refractivity contribution in [3.63, 3.8) is 0 Å². The predicted octanol–water partition coefficient (Wildman–Crippen LogP) is 2.66. The fraction of sp³-hybridized carbons (Fsp3) is 0.238. The van der Waals surface area contributed by atoms with Crippen LogP contribution < -0.4 is 10.5 Å². The van der Waals surface area contributed by atoms with Gasteiger partial charge >= 0.3 is 0 Å². The second kappa shape index (κ2) is 6.79. The number of aromatic amines is 1. The van der Waals surface area contributed by atoms with Crippen molar-refractivity contribution in [3.8, 4) is 11.4 Å². The zero-order valence-electron chi connectivity index (χ0n) is 15.3. The Balaban J connectivity index is 1.64. The van der Waals surface area contributed by atoms with Crippen LogP contribution in [0.3, 0.4) is 0 Å². The molecule has 136 valence electrons. The maximum Gasteiger partial charge on any atom is 0.255 e. The third kappa shape index (κ3) is 3.14. The highest BCUT2D eigenvalue weighted by atomic mass is 16.2. The molecule has 0 aliphatic carbocycles. The summed E-state index contributed by atoms with van der Waals surface area (Å²) in [5.41, 5.74) is 3.51. The van der Waals surface area contributed by atoms with E-state index in [1.165, 1.54) is 0 Å². The summed E-state index contributed by atoms with van der Waals surface area (Å²) in [6.45, 7) is 3.79. The number of para-hydroxylation sites is 1. The minimum atomic E-state index is -0.283. The van der Waals surface area contributed by atoms with Crippen LogP contribution in [0.25, 0.3) is 11.4 Å². The molecule has 2 aromatic heterocycles. The first kappa shape index (κ1) is 17.1. The van der Waals surface area contributed by atoms with Crippen molar-refractivity contribution < 1.29 is 4.79 Å². The molecule has 0 fully saturated rings. The topological polar surface area (TPSA) is 79.0 Å². The molecule has 1 aliphatic rings. The van der Waals surface area contributed by atoms with Crippen molar-refractivity contribution in [2.75, 3.05) is 4.90 Å². The maximum atomic E-state index is 13.0. The quantitative estimate of drug-likeness (QED) is 0.779. The minimum absolute atomic E-state index is 0.0279. The van der Waals surface area contributed by atoms with E-state index < -0.39 is 0 Å². The van der Waals surface area contributed by atoms with Crippen LogP contribution in [0.2, 0.25) is 0 Å². The molecule has 0 radical (unpaired) electrons. The normalized spacial score (nSPS) is 15.6. The third-order valence-corrected chi connectivity index (χ3v) is 4.96. The summed E-state index contributed by atoms with van der Waals surface area (Å²) in [5.74, 6) is 0.374. The van der Waals surface area contributed by atoms with Crippen LogP contribution >= 0.6 is 0 Å². The SMILES string of the molecule is Cc1nc(-c2cccnc2)[nH]c(=O)c1CC(=O)N1c2ccccc2C[C@@H]1C. The molecule has 6 heteroatoms. The van der Waals surface area contributed by atoms with Gasteiger partial charge in [-0.1, -0.05) is 18.2 Å². The molecule has 0 spiro atoms. The Bertz CT molecular complexity index is 1060. The number of nitrogens with one attached hydrogen (secondary N) is 1. The summed E-state index contributed by atoms with van der Waals surface area (Å²) in [6.07, 6.45) is 4.16. The summed E-state index contributed by atoms with van der Waals surface area (Å²) in [4.78, 5) is 38.7. The number of amides is 1. The predicted molar refractivity (Wildman–Crippen MR) is 104 cm³/mol. The van der Waals surface area contributed by atoms with Gasteiger partial charge in [0.05, 0.1) is 6.42 Å². The van der Waals surface area contributed by atoms with Gasteiger partial charge in [0.1, 0.15) is 5.82 Å². The smallest absolute Gasteiger partial charge is 0.255 e. The number of fused-ring (bicyclic) bond motifs is 1. The molecule has 3 aromatic rings. The Morgan fingerprint density at radius 1 is 1.26 bits per heavy atom. The molecule has 0 saturated carbocycles. The fourth-order valence-electron chi connectivity index (χ4n) is 3.64. The van der Waals surface area contributed by atoms with Gasteiger partial charge in [-0.15, -0.1) is 0 Å². The van der Waals surface area contributed by atoms with Crippen LogP contribution in [0.15, 0.2) is 53.6 Å². The van der Waals surface area contributed by atoms with Crippen LogP contribution in [0, 0.1) is 6.92 Å². The van der Waals surface area contributed by atoms with Gasteiger partial charge < -0.3 is 9.88 Å².